The summed E-state index contributed by atoms with van der Waals surface area (Å²) < 4.78 is 12.3. The van der Waals surface area contributed by atoms with Crippen LogP contribution in [-0.2, 0) is 28.0 Å². The summed E-state index contributed by atoms with van der Waals surface area (Å²) in [5, 5.41) is 0. The normalized spacial score (nSPS) is 17.1. The van der Waals surface area contributed by atoms with Crippen molar-refractivity contribution in [1.82, 2.24) is 0 Å². The van der Waals surface area contributed by atoms with Crippen LogP contribution in [0.3, 0.4) is 0 Å². The van der Waals surface area contributed by atoms with E-state index < -0.39 is 11.5 Å². The lowest BCUT2D eigenvalue weighted by molar-refractivity contribution is -0.150. The fourth-order valence-electron chi connectivity index (χ4n) is 4.58. The van der Waals surface area contributed by atoms with Crippen molar-refractivity contribution >= 4 is 33.5 Å². The van der Waals surface area contributed by atoms with Gasteiger partial charge in [0.25, 0.3) is 5.91 Å². The molecule has 0 radical (unpaired) electrons. The number of esters is 1. The zero-order chi connectivity index (χ0) is 25.4. The predicted molar refractivity (Wildman–Crippen MR) is 141 cm³/mol. The highest BCUT2D eigenvalue weighted by Gasteiger charge is 2.50. The Bertz CT molecular complexity index is 1270. The topological polar surface area (TPSA) is 55.8 Å². The minimum atomic E-state index is -1.19. The molecule has 6 heteroatoms. The first kappa shape index (κ1) is 25.0. The number of ether oxygens (including phenoxy) is 2. The van der Waals surface area contributed by atoms with Crippen molar-refractivity contribution in [3.05, 3.63) is 93.5 Å². The Kier molecular flexibility index (Phi) is 6.78. The Morgan fingerprint density at radius 1 is 1.03 bits per heavy atom. The maximum atomic E-state index is 14.0. The Balaban J connectivity index is 1.72. The number of hydrogen-bond donors (Lipinski definition) is 0. The van der Waals surface area contributed by atoms with E-state index in [1.807, 2.05) is 54.6 Å². The molecular formula is C29H30BrNO4. The van der Waals surface area contributed by atoms with Crippen molar-refractivity contribution in [2.45, 2.75) is 51.7 Å². The standard InChI is InChI=1S/C29H30BrNO4/c1-28(2,3)23-13-11-20(16-25(23)34-5)26(32)31-24-14-12-22(30)15-21(24)17-29(31,4)27(33)35-18-19-9-7-6-8-10-19/h6-16H,17-18H2,1-5H3. The van der Waals surface area contributed by atoms with E-state index in [-0.39, 0.29) is 17.9 Å². The Morgan fingerprint density at radius 3 is 2.40 bits per heavy atom. The molecular weight excluding hydrogens is 506 g/mol. The van der Waals surface area contributed by atoms with E-state index in [1.165, 1.54) is 0 Å². The Labute approximate surface area is 215 Å². The van der Waals surface area contributed by atoms with Gasteiger partial charge in [-0.25, -0.2) is 4.79 Å². The van der Waals surface area contributed by atoms with Crippen LogP contribution in [0.15, 0.2) is 71.2 Å². The fourth-order valence-corrected chi connectivity index (χ4v) is 4.99. The number of nitrogens with zero attached hydrogens (tertiary/aromatic N) is 1. The third-order valence-corrected chi connectivity index (χ3v) is 6.92. The van der Waals surface area contributed by atoms with Crippen molar-refractivity contribution in [2.24, 2.45) is 0 Å². The molecule has 0 fully saturated rings. The first-order valence-corrected chi connectivity index (χ1v) is 12.4. The molecule has 35 heavy (non-hydrogen) atoms. The molecule has 3 aromatic carbocycles. The first-order valence-electron chi connectivity index (χ1n) is 11.6. The molecule has 1 heterocycles. The van der Waals surface area contributed by atoms with Crippen molar-refractivity contribution in [2.75, 3.05) is 12.0 Å². The lowest BCUT2D eigenvalue weighted by Gasteiger charge is -2.34. The number of carbonyl (C=O) groups excluding carboxylic acids is 2. The van der Waals surface area contributed by atoms with Crippen molar-refractivity contribution in [3.8, 4) is 5.75 Å². The number of amides is 1. The second kappa shape index (κ2) is 9.50. The summed E-state index contributed by atoms with van der Waals surface area (Å²) in [5.41, 5.74) is 2.63. The molecule has 0 spiro atoms. The molecule has 1 unspecified atom stereocenters. The quantitative estimate of drug-likeness (QED) is 0.351. The molecule has 1 aliphatic rings. The van der Waals surface area contributed by atoms with E-state index in [4.69, 9.17) is 9.47 Å². The third-order valence-electron chi connectivity index (χ3n) is 6.42. The number of hydrogen-bond acceptors (Lipinski definition) is 4. The SMILES string of the molecule is COc1cc(C(=O)N2c3ccc(Br)cc3CC2(C)C(=O)OCc2ccccc2)ccc1C(C)(C)C. The van der Waals surface area contributed by atoms with Crippen molar-refractivity contribution < 1.29 is 19.1 Å². The van der Waals surface area contributed by atoms with Crippen LogP contribution in [0, 0.1) is 0 Å². The van der Waals surface area contributed by atoms with Gasteiger partial charge < -0.3 is 9.47 Å². The smallest absolute Gasteiger partial charge is 0.332 e. The highest BCUT2D eigenvalue weighted by Crippen LogP contribution is 2.42. The largest absolute Gasteiger partial charge is 0.496 e. The molecule has 0 bridgehead atoms. The van der Waals surface area contributed by atoms with Crippen LogP contribution in [-0.4, -0.2) is 24.5 Å². The molecule has 5 nitrogen and oxygen atoms in total. The maximum absolute atomic E-state index is 14.0. The van der Waals surface area contributed by atoms with Crippen LogP contribution in [0.2, 0.25) is 0 Å². The van der Waals surface area contributed by atoms with Crippen molar-refractivity contribution in [3.63, 3.8) is 0 Å². The zero-order valence-corrected chi connectivity index (χ0v) is 22.3. The van der Waals surface area contributed by atoms with Gasteiger partial charge in [0.2, 0.25) is 0 Å². The maximum Gasteiger partial charge on any atom is 0.332 e. The number of benzene rings is 3. The van der Waals surface area contributed by atoms with Crippen LogP contribution in [0.1, 0.15) is 54.7 Å². The highest BCUT2D eigenvalue weighted by atomic mass is 79.9. The van der Waals surface area contributed by atoms with Crippen molar-refractivity contribution in [1.29, 1.82) is 0 Å². The van der Waals surface area contributed by atoms with Gasteiger partial charge in [0.15, 0.2) is 0 Å². The van der Waals surface area contributed by atoms with Gasteiger partial charge in [0.05, 0.1) is 7.11 Å². The van der Waals surface area contributed by atoms with E-state index in [1.54, 1.807) is 31.1 Å². The zero-order valence-electron chi connectivity index (χ0n) is 20.7. The molecule has 182 valence electrons. The molecule has 4 rings (SSSR count). The summed E-state index contributed by atoms with van der Waals surface area (Å²) in [7, 11) is 1.60. The lowest BCUT2D eigenvalue weighted by atomic mass is 9.85. The number of anilines is 1. The van der Waals surface area contributed by atoms with Gasteiger partial charge in [-0.1, -0.05) is 73.1 Å². The van der Waals surface area contributed by atoms with Crippen LogP contribution >= 0.6 is 15.9 Å². The summed E-state index contributed by atoms with van der Waals surface area (Å²) in [6.07, 6.45) is 0.359. The van der Waals surface area contributed by atoms with E-state index in [0.717, 1.165) is 21.2 Å². The van der Waals surface area contributed by atoms with Gasteiger partial charge in [-0.3, -0.25) is 9.69 Å². The molecule has 0 aromatic heterocycles. The second-order valence-corrected chi connectivity index (χ2v) is 11.0. The predicted octanol–water partition coefficient (Wildman–Crippen LogP) is 6.46. The van der Waals surface area contributed by atoms with Gasteiger partial charge in [0.1, 0.15) is 17.9 Å². The highest BCUT2D eigenvalue weighted by molar-refractivity contribution is 9.10. The average Bonchev–Trinajstić information content (AvgIpc) is 3.13. The monoisotopic (exact) mass is 535 g/mol. The fraction of sp³-hybridized carbons (Fsp3) is 0.310. The summed E-state index contributed by atoms with van der Waals surface area (Å²) >= 11 is 3.51. The van der Waals surface area contributed by atoms with E-state index >= 15 is 0 Å². The molecule has 1 amide bonds. The molecule has 0 N–H and O–H groups in total. The number of halogens is 1. The van der Waals surface area contributed by atoms with Gasteiger partial charge in [0, 0.05) is 22.1 Å². The molecule has 1 atom stereocenters. The molecule has 0 aliphatic carbocycles. The second-order valence-electron chi connectivity index (χ2n) is 10.1. The molecule has 0 saturated heterocycles. The van der Waals surface area contributed by atoms with Gasteiger partial charge in [-0.15, -0.1) is 0 Å². The van der Waals surface area contributed by atoms with E-state index in [2.05, 4.69) is 36.7 Å². The van der Waals surface area contributed by atoms with Gasteiger partial charge in [-0.05, 0) is 59.4 Å². The summed E-state index contributed by atoms with van der Waals surface area (Å²) in [6.45, 7) is 8.21. The molecule has 0 saturated carbocycles. The van der Waals surface area contributed by atoms with Gasteiger partial charge >= 0.3 is 5.97 Å². The van der Waals surface area contributed by atoms with E-state index in [9.17, 15) is 9.59 Å². The minimum absolute atomic E-state index is 0.144. The first-order chi connectivity index (χ1) is 16.5. The number of carbonyl (C=O) groups is 2. The Morgan fingerprint density at radius 2 is 1.74 bits per heavy atom. The van der Waals surface area contributed by atoms with E-state index in [0.29, 0.717) is 23.4 Å². The summed E-state index contributed by atoms with van der Waals surface area (Å²) in [4.78, 5) is 29.0. The Hall–Kier alpha value is -3.12. The summed E-state index contributed by atoms with van der Waals surface area (Å²) in [5.74, 6) is -0.0729. The third kappa shape index (κ3) is 4.85. The van der Waals surface area contributed by atoms with Gasteiger partial charge in [-0.2, -0.15) is 0 Å². The minimum Gasteiger partial charge on any atom is -0.496 e. The van der Waals surface area contributed by atoms with Crippen LogP contribution in [0.25, 0.3) is 0 Å². The molecule has 3 aromatic rings. The molecule has 1 aliphatic heterocycles. The van der Waals surface area contributed by atoms with Crippen LogP contribution < -0.4 is 9.64 Å². The number of rotatable bonds is 5. The number of methoxy groups -OCH3 is 1. The van der Waals surface area contributed by atoms with Crippen LogP contribution in [0.4, 0.5) is 5.69 Å². The average molecular weight is 536 g/mol. The lowest BCUT2D eigenvalue weighted by Crippen LogP contribution is -2.54. The summed E-state index contributed by atoms with van der Waals surface area (Å²) in [6, 6.07) is 20.7. The number of fused-ring (bicyclic) bond motifs is 1. The van der Waals surface area contributed by atoms with Crippen LogP contribution in [0.5, 0.6) is 5.75 Å².